The van der Waals surface area contributed by atoms with Crippen LogP contribution in [0.25, 0.3) is 0 Å². The minimum absolute atomic E-state index is 0.432. The van der Waals surface area contributed by atoms with E-state index in [1.54, 1.807) is 0 Å². The SMILES string of the molecule is CCN1CCCC(C(C)N[C@@H](C)c2cccc(C)c2)C1. The second-order valence-corrected chi connectivity index (χ2v) is 6.39. The Kier molecular flexibility index (Phi) is 5.62. The lowest BCUT2D eigenvalue weighted by atomic mass is 9.90. The zero-order valence-corrected chi connectivity index (χ0v) is 13.5. The van der Waals surface area contributed by atoms with Gasteiger partial charge in [0.2, 0.25) is 0 Å². The summed E-state index contributed by atoms with van der Waals surface area (Å²) in [6, 6.07) is 9.87. The molecule has 2 unspecified atom stereocenters. The molecule has 1 aromatic carbocycles. The third-order valence-corrected chi connectivity index (χ3v) is 4.75. The first-order chi connectivity index (χ1) is 9.60. The van der Waals surface area contributed by atoms with E-state index in [2.05, 4.69) is 62.2 Å². The number of piperidine rings is 1. The van der Waals surface area contributed by atoms with E-state index >= 15 is 0 Å². The highest BCUT2D eigenvalue weighted by Gasteiger charge is 2.24. The molecule has 1 saturated heterocycles. The average molecular weight is 274 g/mol. The van der Waals surface area contributed by atoms with E-state index in [-0.39, 0.29) is 0 Å². The molecule has 1 aliphatic heterocycles. The summed E-state index contributed by atoms with van der Waals surface area (Å²) in [6.07, 6.45) is 2.72. The van der Waals surface area contributed by atoms with Gasteiger partial charge >= 0.3 is 0 Å². The van der Waals surface area contributed by atoms with Crippen molar-refractivity contribution >= 4 is 0 Å². The normalized spacial score (nSPS) is 23.5. The number of hydrogen-bond acceptors (Lipinski definition) is 2. The molecular weight excluding hydrogens is 244 g/mol. The highest BCUT2D eigenvalue weighted by atomic mass is 15.1. The molecule has 2 nitrogen and oxygen atoms in total. The Bertz CT molecular complexity index is 416. The molecule has 20 heavy (non-hydrogen) atoms. The fourth-order valence-electron chi connectivity index (χ4n) is 3.35. The molecule has 0 saturated carbocycles. The Balaban J connectivity index is 1.91. The molecule has 2 rings (SSSR count). The monoisotopic (exact) mass is 274 g/mol. The molecule has 3 atom stereocenters. The van der Waals surface area contributed by atoms with Crippen LogP contribution in [-0.4, -0.2) is 30.6 Å². The average Bonchev–Trinajstić information content (AvgIpc) is 2.47. The molecular formula is C18H30N2. The second kappa shape index (κ2) is 7.24. The number of aryl methyl sites for hydroxylation is 1. The summed E-state index contributed by atoms with van der Waals surface area (Å²) in [6.45, 7) is 12.8. The lowest BCUT2D eigenvalue weighted by Gasteiger charge is -2.36. The van der Waals surface area contributed by atoms with Gasteiger partial charge in [-0.15, -0.1) is 0 Å². The number of hydrogen-bond donors (Lipinski definition) is 1. The van der Waals surface area contributed by atoms with Gasteiger partial charge in [-0.05, 0) is 58.2 Å². The fourth-order valence-corrected chi connectivity index (χ4v) is 3.35. The van der Waals surface area contributed by atoms with E-state index in [0.29, 0.717) is 12.1 Å². The Morgan fingerprint density at radius 1 is 1.35 bits per heavy atom. The van der Waals surface area contributed by atoms with Gasteiger partial charge in [-0.2, -0.15) is 0 Å². The number of likely N-dealkylation sites (tertiary alicyclic amines) is 1. The molecule has 1 aliphatic rings. The third kappa shape index (κ3) is 4.07. The maximum atomic E-state index is 3.81. The molecule has 0 aliphatic carbocycles. The number of nitrogens with zero attached hydrogens (tertiary/aromatic N) is 1. The van der Waals surface area contributed by atoms with Gasteiger partial charge in [0, 0.05) is 18.6 Å². The van der Waals surface area contributed by atoms with Crippen LogP contribution in [0.2, 0.25) is 0 Å². The molecule has 1 heterocycles. The first-order valence-electron chi connectivity index (χ1n) is 8.15. The molecule has 1 aromatic rings. The van der Waals surface area contributed by atoms with Crippen molar-refractivity contribution in [3.05, 3.63) is 35.4 Å². The summed E-state index contributed by atoms with van der Waals surface area (Å²) in [5.41, 5.74) is 2.75. The van der Waals surface area contributed by atoms with E-state index in [0.717, 1.165) is 5.92 Å². The Morgan fingerprint density at radius 3 is 2.85 bits per heavy atom. The van der Waals surface area contributed by atoms with Crippen LogP contribution >= 0.6 is 0 Å². The van der Waals surface area contributed by atoms with Gasteiger partial charge in [-0.25, -0.2) is 0 Å². The zero-order valence-electron chi connectivity index (χ0n) is 13.5. The van der Waals surface area contributed by atoms with E-state index in [1.165, 1.54) is 43.6 Å². The number of benzene rings is 1. The van der Waals surface area contributed by atoms with Crippen LogP contribution in [0.15, 0.2) is 24.3 Å². The van der Waals surface area contributed by atoms with Gasteiger partial charge in [-0.1, -0.05) is 36.8 Å². The fraction of sp³-hybridized carbons (Fsp3) is 0.667. The molecule has 1 fully saturated rings. The molecule has 1 N–H and O–H groups in total. The molecule has 112 valence electrons. The van der Waals surface area contributed by atoms with Gasteiger partial charge in [0.15, 0.2) is 0 Å². The van der Waals surface area contributed by atoms with Crippen molar-refractivity contribution in [2.75, 3.05) is 19.6 Å². The molecule has 0 aromatic heterocycles. The highest BCUT2D eigenvalue weighted by molar-refractivity contribution is 5.24. The Labute approximate surface area is 124 Å². The van der Waals surface area contributed by atoms with Crippen LogP contribution in [-0.2, 0) is 0 Å². The first-order valence-corrected chi connectivity index (χ1v) is 8.15. The van der Waals surface area contributed by atoms with Gasteiger partial charge in [0.25, 0.3) is 0 Å². The lowest BCUT2D eigenvalue weighted by Crippen LogP contribution is -2.44. The summed E-state index contributed by atoms with van der Waals surface area (Å²) < 4.78 is 0. The Morgan fingerprint density at radius 2 is 2.15 bits per heavy atom. The van der Waals surface area contributed by atoms with Gasteiger partial charge in [-0.3, -0.25) is 0 Å². The van der Waals surface area contributed by atoms with Crippen molar-refractivity contribution in [3.8, 4) is 0 Å². The molecule has 0 bridgehead atoms. The van der Waals surface area contributed by atoms with Crippen LogP contribution in [0.5, 0.6) is 0 Å². The highest BCUT2D eigenvalue weighted by Crippen LogP contribution is 2.22. The van der Waals surface area contributed by atoms with Crippen molar-refractivity contribution in [1.82, 2.24) is 10.2 Å². The predicted octanol–water partition coefficient (Wildman–Crippen LogP) is 3.77. The van der Waals surface area contributed by atoms with Crippen LogP contribution in [0.1, 0.15) is 50.8 Å². The predicted molar refractivity (Wildman–Crippen MR) is 87.0 cm³/mol. The summed E-state index contributed by atoms with van der Waals surface area (Å²) >= 11 is 0. The summed E-state index contributed by atoms with van der Waals surface area (Å²) in [4.78, 5) is 2.59. The summed E-state index contributed by atoms with van der Waals surface area (Å²) in [7, 11) is 0. The minimum atomic E-state index is 0.432. The Hall–Kier alpha value is -0.860. The van der Waals surface area contributed by atoms with E-state index in [1.807, 2.05) is 0 Å². The quantitative estimate of drug-likeness (QED) is 0.879. The molecule has 2 heteroatoms. The van der Waals surface area contributed by atoms with Crippen LogP contribution in [0.4, 0.5) is 0 Å². The maximum absolute atomic E-state index is 3.81. The largest absolute Gasteiger partial charge is 0.307 e. The second-order valence-electron chi connectivity index (χ2n) is 6.39. The van der Waals surface area contributed by atoms with Gasteiger partial charge in [0.1, 0.15) is 0 Å². The number of nitrogens with one attached hydrogen (secondary N) is 1. The molecule has 0 spiro atoms. The van der Waals surface area contributed by atoms with Crippen molar-refractivity contribution < 1.29 is 0 Å². The smallest absolute Gasteiger partial charge is 0.0294 e. The van der Waals surface area contributed by atoms with E-state index < -0.39 is 0 Å². The van der Waals surface area contributed by atoms with E-state index in [4.69, 9.17) is 0 Å². The van der Waals surface area contributed by atoms with Crippen LogP contribution in [0.3, 0.4) is 0 Å². The number of rotatable bonds is 5. The van der Waals surface area contributed by atoms with Crippen molar-refractivity contribution in [1.29, 1.82) is 0 Å². The third-order valence-electron chi connectivity index (χ3n) is 4.75. The van der Waals surface area contributed by atoms with Gasteiger partial charge in [0.05, 0.1) is 0 Å². The zero-order chi connectivity index (χ0) is 14.5. The molecule has 0 radical (unpaired) electrons. The van der Waals surface area contributed by atoms with Crippen molar-refractivity contribution in [3.63, 3.8) is 0 Å². The van der Waals surface area contributed by atoms with Crippen LogP contribution < -0.4 is 5.32 Å². The standard InChI is InChI=1S/C18H30N2/c1-5-20-11-7-10-18(13-20)16(4)19-15(3)17-9-6-8-14(2)12-17/h6,8-9,12,15-16,18-19H,5,7,10-11,13H2,1-4H3/t15-,16?,18?/m0/s1. The first kappa shape index (κ1) is 15.5. The lowest BCUT2D eigenvalue weighted by molar-refractivity contribution is 0.153. The van der Waals surface area contributed by atoms with Crippen molar-refractivity contribution in [2.24, 2.45) is 5.92 Å². The maximum Gasteiger partial charge on any atom is 0.0294 e. The molecule has 0 amide bonds. The van der Waals surface area contributed by atoms with E-state index in [9.17, 15) is 0 Å². The van der Waals surface area contributed by atoms with Crippen molar-refractivity contribution in [2.45, 2.75) is 52.6 Å². The van der Waals surface area contributed by atoms with Crippen LogP contribution in [0, 0.1) is 12.8 Å². The summed E-state index contributed by atoms with van der Waals surface area (Å²) in [5.74, 6) is 0.788. The summed E-state index contributed by atoms with van der Waals surface area (Å²) in [5, 5.41) is 3.81. The minimum Gasteiger partial charge on any atom is -0.307 e. The van der Waals surface area contributed by atoms with Gasteiger partial charge < -0.3 is 10.2 Å². The topological polar surface area (TPSA) is 15.3 Å².